The maximum atomic E-state index is 10.3. The highest BCUT2D eigenvalue weighted by Crippen LogP contribution is 2.36. The summed E-state index contributed by atoms with van der Waals surface area (Å²) in [4.78, 5) is 3.81. The molecule has 0 saturated carbocycles. The zero-order valence-corrected chi connectivity index (χ0v) is 14.4. The average Bonchev–Trinajstić information content (AvgIpc) is 2.60. The van der Waals surface area contributed by atoms with E-state index in [-0.39, 0.29) is 6.61 Å². The van der Waals surface area contributed by atoms with Crippen LogP contribution in [0, 0.1) is 0 Å². The summed E-state index contributed by atoms with van der Waals surface area (Å²) < 4.78 is 11.7. The van der Waals surface area contributed by atoms with Crippen molar-refractivity contribution in [2.24, 2.45) is 5.11 Å². The number of benzene rings is 1. The van der Waals surface area contributed by atoms with Crippen LogP contribution in [0.2, 0.25) is 0 Å². The number of aliphatic hydroxyl groups excluding tert-OH is 2. The van der Waals surface area contributed by atoms with Crippen LogP contribution in [0.25, 0.3) is 10.4 Å². The summed E-state index contributed by atoms with van der Waals surface area (Å²) in [5.74, 6) is 0. The second-order valence-electron chi connectivity index (χ2n) is 5.53. The smallest absolute Gasteiger partial charge is 0.134 e. The molecule has 24 heavy (non-hydrogen) atoms. The van der Waals surface area contributed by atoms with Crippen molar-refractivity contribution in [3.63, 3.8) is 0 Å². The van der Waals surface area contributed by atoms with E-state index >= 15 is 0 Å². The molecule has 0 aliphatic carbocycles. The Balaban J connectivity index is 2.21. The van der Waals surface area contributed by atoms with Gasteiger partial charge in [-0.15, -0.1) is 0 Å². The van der Waals surface area contributed by atoms with Crippen LogP contribution in [0.15, 0.2) is 40.3 Å². The monoisotopic (exact) mass is 353 g/mol. The minimum atomic E-state index is -1.11. The number of nitrogens with zero attached hydrogens (tertiary/aromatic N) is 3. The molecule has 0 aromatic heterocycles. The third-order valence-corrected chi connectivity index (χ3v) is 4.97. The van der Waals surface area contributed by atoms with E-state index < -0.39 is 29.8 Å². The summed E-state index contributed by atoms with van der Waals surface area (Å²) in [6.45, 7) is 2.19. The predicted octanol–water partition coefficient (Wildman–Crippen LogP) is 2.72. The van der Waals surface area contributed by atoms with E-state index in [1.807, 2.05) is 30.3 Å². The second-order valence-corrected chi connectivity index (χ2v) is 6.70. The molecule has 2 rings (SSSR count). The van der Waals surface area contributed by atoms with Gasteiger partial charge < -0.3 is 19.7 Å². The number of hydrogen-bond acceptors (Lipinski definition) is 6. The Morgan fingerprint density at radius 3 is 2.75 bits per heavy atom. The van der Waals surface area contributed by atoms with Gasteiger partial charge in [0, 0.05) is 16.4 Å². The first kappa shape index (κ1) is 19.1. The quantitative estimate of drug-likeness (QED) is 0.323. The number of thioether (sulfide) groups is 1. The molecular formula is C16H23N3O4S. The van der Waals surface area contributed by atoms with Crippen molar-refractivity contribution in [2.45, 2.75) is 54.5 Å². The highest BCUT2D eigenvalue weighted by molar-refractivity contribution is 7.99. The molecule has 132 valence electrons. The van der Waals surface area contributed by atoms with Gasteiger partial charge in [0.25, 0.3) is 0 Å². The van der Waals surface area contributed by atoms with Gasteiger partial charge in [-0.3, -0.25) is 0 Å². The van der Waals surface area contributed by atoms with E-state index in [9.17, 15) is 10.2 Å². The van der Waals surface area contributed by atoms with Crippen molar-refractivity contribution in [2.75, 3.05) is 13.2 Å². The summed E-state index contributed by atoms with van der Waals surface area (Å²) >= 11 is 1.43. The SMILES string of the molecule is CCCCOC1[C@@H](Sc2ccccc2)OC(CO)[C@@H](O)[C@@H]1N=[N+]=[N-]. The van der Waals surface area contributed by atoms with Gasteiger partial charge in [0.05, 0.1) is 18.8 Å². The third-order valence-electron chi connectivity index (χ3n) is 3.81. The zero-order chi connectivity index (χ0) is 17.4. The lowest BCUT2D eigenvalue weighted by Gasteiger charge is -2.42. The molecule has 1 heterocycles. The molecular weight excluding hydrogens is 330 g/mol. The van der Waals surface area contributed by atoms with Crippen LogP contribution in [0.5, 0.6) is 0 Å². The van der Waals surface area contributed by atoms with Gasteiger partial charge in [0.1, 0.15) is 17.6 Å². The van der Waals surface area contributed by atoms with Crippen molar-refractivity contribution in [1.29, 1.82) is 0 Å². The maximum Gasteiger partial charge on any atom is 0.134 e. The molecule has 0 bridgehead atoms. The van der Waals surface area contributed by atoms with Crippen LogP contribution < -0.4 is 0 Å². The lowest BCUT2D eigenvalue weighted by atomic mass is 9.98. The number of unbranched alkanes of at least 4 members (excludes halogenated alkanes) is 1. The average molecular weight is 353 g/mol. The van der Waals surface area contributed by atoms with Crippen molar-refractivity contribution < 1.29 is 19.7 Å². The second kappa shape index (κ2) is 9.88. The molecule has 0 radical (unpaired) electrons. The van der Waals surface area contributed by atoms with Gasteiger partial charge in [-0.2, -0.15) is 0 Å². The molecule has 8 heteroatoms. The number of hydrogen-bond donors (Lipinski definition) is 2. The summed E-state index contributed by atoms with van der Waals surface area (Å²) in [7, 11) is 0. The Kier molecular flexibility index (Phi) is 7.84. The van der Waals surface area contributed by atoms with E-state index in [1.165, 1.54) is 11.8 Å². The van der Waals surface area contributed by atoms with Crippen LogP contribution in [0.1, 0.15) is 19.8 Å². The number of azide groups is 1. The van der Waals surface area contributed by atoms with E-state index in [1.54, 1.807) is 0 Å². The van der Waals surface area contributed by atoms with Gasteiger partial charge in [0.15, 0.2) is 0 Å². The van der Waals surface area contributed by atoms with Crippen LogP contribution in [-0.2, 0) is 9.47 Å². The molecule has 1 aliphatic rings. The largest absolute Gasteiger partial charge is 0.394 e. The van der Waals surface area contributed by atoms with Gasteiger partial charge in [0.2, 0.25) is 0 Å². The lowest BCUT2D eigenvalue weighted by molar-refractivity contribution is -0.174. The fourth-order valence-electron chi connectivity index (χ4n) is 2.52. The normalized spacial score (nSPS) is 29.9. The summed E-state index contributed by atoms with van der Waals surface area (Å²) in [5.41, 5.74) is 8.36. The maximum absolute atomic E-state index is 10.3. The fraction of sp³-hybridized carbons (Fsp3) is 0.625. The predicted molar refractivity (Wildman–Crippen MR) is 91.6 cm³/mol. The van der Waals surface area contributed by atoms with Gasteiger partial charge in [-0.25, -0.2) is 0 Å². The molecule has 1 saturated heterocycles. The summed E-state index contributed by atoms with van der Waals surface area (Å²) in [6.07, 6.45) is -0.673. The first-order chi connectivity index (χ1) is 11.7. The Bertz CT molecular complexity index is 541. The lowest BCUT2D eigenvalue weighted by Crippen LogP contribution is -2.57. The molecule has 7 nitrogen and oxygen atoms in total. The Labute approximate surface area is 145 Å². The van der Waals surface area contributed by atoms with Crippen LogP contribution in [0.4, 0.5) is 0 Å². The zero-order valence-electron chi connectivity index (χ0n) is 13.6. The van der Waals surface area contributed by atoms with Gasteiger partial charge >= 0.3 is 0 Å². The molecule has 2 unspecified atom stereocenters. The minimum Gasteiger partial charge on any atom is -0.394 e. The molecule has 0 spiro atoms. The molecule has 0 amide bonds. The Morgan fingerprint density at radius 1 is 1.38 bits per heavy atom. The number of rotatable bonds is 8. The fourth-order valence-corrected chi connectivity index (χ4v) is 3.67. The Hall–Kier alpha value is -1.28. The molecule has 1 fully saturated rings. The van der Waals surface area contributed by atoms with Crippen LogP contribution >= 0.6 is 11.8 Å². The third kappa shape index (κ3) is 4.86. The highest BCUT2D eigenvalue weighted by atomic mass is 32.2. The summed E-state index contributed by atoms with van der Waals surface area (Å²) in [5, 5.41) is 23.5. The molecule has 5 atom stereocenters. The molecule has 1 aromatic rings. The standard InChI is InChI=1S/C16H23N3O4S/c1-2-3-9-22-15-13(18-19-17)14(21)12(10-20)23-16(15)24-11-7-5-4-6-8-11/h4-8,12-16,20-21H,2-3,9-10H2,1H3/t12?,13-,14+,15?,16+/m0/s1. The highest BCUT2D eigenvalue weighted by Gasteiger charge is 2.45. The number of ether oxygens (including phenoxy) is 2. The van der Waals surface area contributed by atoms with E-state index in [0.717, 1.165) is 17.7 Å². The first-order valence-corrected chi connectivity index (χ1v) is 8.91. The minimum absolute atomic E-state index is 0.355. The van der Waals surface area contributed by atoms with Crippen molar-refractivity contribution >= 4 is 11.8 Å². The number of aliphatic hydroxyl groups is 2. The first-order valence-electron chi connectivity index (χ1n) is 8.03. The molecule has 2 N–H and O–H groups in total. The van der Waals surface area contributed by atoms with E-state index in [0.29, 0.717) is 6.61 Å². The van der Waals surface area contributed by atoms with Crippen LogP contribution in [-0.4, -0.2) is 53.2 Å². The van der Waals surface area contributed by atoms with Gasteiger partial charge in [-0.05, 0) is 24.1 Å². The molecule has 1 aromatic carbocycles. The summed E-state index contributed by atoms with van der Waals surface area (Å²) in [6, 6.07) is 8.84. The Morgan fingerprint density at radius 2 is 2.12 bits per heavy atom. The molecule has 1 aliphatic heterocycles. The van der Waals surface area contributed by atoms with Crippen molar-refractivity contribution in [3.8, 4) is 0 Å². The van der Waals surface area contributed by atoms with Crippen molar-refractivity contribution in [3.05, 3.63) is 40.8 Å². The van der Waals surface area contributed by atoms with E-state index in [4.69, 9.17) is 15.0 Å². The van der Waals surface area contributed by atoms with E-state index in [2.05, 4.69) is 16.9 Å². The van der Waals surface area contributed by atoms with Gasteiger partial charge in [-0.1, -0.05) is 48.4 Å². The van der Waals surface area contributed by atoms with Crippen LogP contribution in [0.3, 0.4) is 0 Å². The van der Waals surface area contributed by atoms with Crippen molar-refractivity contribution in [1.82, 2.24) is 0 Å². The topological polar surface area (TPSA) is 108 Å².